The maximum absolute atomic E-state index is 13.7. The Morgan fingerprint density at radius 2 is 1.82 bits per heavy atom. The molecule has 2 heterocycles. The fraction of sp³-hybridized carbons (Fsp3) is 0.567. The normalized spacial score (nSPS) is 27.0. The van der Waals surface area contributed by atoms with Gasteiger partial charge in [-0.15, -0.1) is 0 Å². The summed E-state index contributed by atoms with van der Waals surface area (Å²) in [5.74, 6) is -2.31. The smallest absolute Gasteiger partial charge is 0.408 e. The maximum atomic E-state index is 13.7. The van der Waals surface area contributed by atoms with Crippen LogP contribution in [0.25, 0.3) is 0 Å². The molecule has 3 aliphatic rings. The number of sulfonamides is 1. The lowest BCUT2D eigenvalue weighted by molar-refractivity contribution is -0.349. The van der Waals surface area contributed by atoms with Crippen molar-refractivity contribution in [2.45, 2.75) is 100 Å². The van der Waals surface area contributed by atoms with Crippen molar-refractivity contribution in [3.8, 4) is 0 Å². The van der Waals surface area contributed by atoms with Gasteiger partial charge in [-0.1, -0.05) is 25.0 Å². The van der Waals surface area contributed by atoms with Gasteiger partial charge in [0, 0.05) is 24.6 Å². The molecule has 1 saturated heterocycles. The second-order valence-corrected chi connectivity index (χ2v) is 14.2. The number of alkyl carbamates (subject to hydrolysis) is 1. The minimum absolute atomic E-state index is 0.134. The third-order valence-electron chi connectivity index (χ3n) is 7.99. The standard InChI is InChI=1S/C30H41N5O8S/c1-29(2,3)43-28(39)31-23-12-9-7-5-6-8-11-20-19-30(20,32-25(36)24-13-10-18-35(24)26(23)37)27(38)33-44(41,42)22-16-14-21(15-17-22)34(4)40/h8,11,14-17,20,23-24H,4-7,9-10,12-13,18-19H2,1-3H3,(H,31,39)(H,32,36)(H,33,38)/b11-8-/t20-,23-,24-,30+/m0/s1. The van der Waals surface area contributed by atoms with Crippen LogP contribution >= 0.6 is 0 Å². The van der Waals surface area contributed by atoms with E-state index in [1.54, 1.807) is 20.8 Å². The molecule has 240 valence electrons. The van der Waals surface area contributed by atoms with Crippen LogP contribution in [-0.4, -0.2) is 78.4 Å². The molecule has 4 amide bonds. The molecule has 2 fully saturated rings. The number of hydrogen-bond donors (Lipinski definition) is 3. The predicted molar refractivity (Wildman–Crippen MR) is 161 cm³/mol. The van der Waals surface area contributed by atoms with Gasteiger partial charge in [0.05, 0.1) is 4.90 Å². The SMILES string of the molecule is C=[N+]([O-])c1ccc(S(=O)(=O)NC(=O)[C@@]23C[C@@H]2/C=C\CCCCC[C@H](NC(=O)OC(C)(C)C)C(=O)N2CCC[C@H]2C(=O)N3)cc1. The summed E-state index contributed by atoms with van der Waals surface area (Å²) in [7, 11) is -4.34. The van der Waals surface area contributed by atoms with Gasteiger partial charge in [0.15, 0.2) is 0 Å². The van der Waals surface area contributed by atoms with Gasteiger partial charge in [0.2, 0.25) is 17.5 Å². The van der Waals surface area contributed by atoms with E-state index in [4.69, 9.17) is 4.74 Å². The number of nitrogens with zero attached hydrogens (tertiary/aromatic N) is 2. The molecular weight excluding hydrogens is 590 g/mol. The van der Waals surface area contributed by atoms with Crippen molar-refractivity contribution in [3.05, 3.63) is 41.6 Å². The number of hydrogen-bond acceptors (Lipinski definition) is 8. The molecule has 0 bridgehead atoms. The molecular formula is C30H41N5O8S. The third kappa shape index (κ3) is 7.76. The Morgan fingerprint density at radius 3 is 2.48 bits per heavy atom. The number of benzene rings is 1. The zero-order chi connectivity index (χ0) is 32.3. The van der Waals surface area contributed by atoms with E-state index in [0.717, 1.165) is 12.8 Å². The Hall–Kier alpha value is -3.94. The highest BCUT2D eigenvalue weighted by Crippen LogP contribution is 2.45. The van der Waals surface area contributed by atoms with Crippen LogP contribution in [0.15, 0.2) is 41.3 Å². The molecule has 4 rings (SSSR count). The topological polar surface area (TPSA) is 177 Å². The third-order valence-corrected chi connectivity index (χ3v) is 9.33. The molecule has 1 aliphatic carbocycles. The highest BCUT2D eigenvalue weighted by Gasteiger charge is 2.61. The van der Waals surface area contributed by atoms with Crippen molar-refractivity contribution in [1.82, 2.24) is 20.3 Å². The minimum atomic E-state index is -4.34. The zero-order valence-corrected chi connectivity index (χ0v) is 26.2. The Kier molecular flexibility index (Phi) is 9.71. The summed E-state index contributed by atoms with van der Waals surface area (Å²) in [6, 6.07) is 3.11. The summed E-state index contributed by atoms with van der Waals surface area (Å²) in [5.41, 5.74) is -2.15. The average molecular weight is 632 g/mol. The highest BCUT2D eigenvalue weighted by atomic mass is 32.2. The number of amides is 4. The Balaban J connectivity index is 1.56. The van der Waals surface area contributed by atoms with Gasteiger partial charge < -0.3 is 25.5 Å². The molecule has 1 aromatic rings. The van der Waals surface area contributed by atoms with Crippen molar-refractivity contribution in [1.29, 1.82) is 0 Å². The number of allylic oxidation sites excluding steroid dienone is 1. The van der Waals surface area contributed by atoms with Crippen LogP contribution in [0, 0.1) is 11.1 Å². The summed E-state index contributed by atoms with van der Waals surface area (Å²) >= 11 is 0. The second-order valence-electron chi connectivity index (χ2n) is 12.5. The van der Waals surface area contributed by atoms with Gasteiger partial charge in [0.1, 0.15) is 29.9 Å². The Labute approximate surface area is 257 Å². The van der Waals surface area contributed by atoms with Crippen LogP contribution < -0.4 is 15.4 Å². The van der Waals surface area contributed by atoms with Gasteiger partial charge in [-0.05, 0) is 71.4 Å². The van der Waals surface area contributed by atoms with E-state index in [1.165, 1.54) is 29.2 Å². The van der Waals surface area contributed by atoms with Gasteiger partial charge in [-0.25, -0.2) is 17.9 Å². The monoisotopic (exact) mass is 631 g/mol. The summed E-state index contributed by atoms with van der Waals surface area (Å²) in [6.45, 7) is 8.68. The van der Waals surface area contributed by atoms with Gasteiger partial charge in [-0.2, -0.15) is 4.74 Å². The first kappa shape index (κ1) is 33.0. The predicted octanol–water partition coefficient (Wildman–Crippen LogP) is 2.61. The van der Waals surface area contributed by atoms with E-state index in [9.17, 15) is 32.8 Å². The fourth-order valence-corrected chi connectivity index (χ4v) is 6.65. The lowest BCUT2D eigenvalue weighted by Crippen LogP contribution is -2.58. The molecule has 3 N–H and O–H groups in total. The quantitative estimate of drug-likeness (QED) is 0.146. The van der Waals surface area contributed by atoms with E-state index < -0.39 is 63.0 Å². The molecule has 0 radical (unpaired) electrons. The first-order valence-corrected chi connectivity index (χ1v) is 16.3. The van der Waals surface area contributed by atoms with Crippen molar-refractivity contribution in [2.24, 2.45) is 5.92 Å². The van der Waals surface area contributed by atoms with Crippen LogP contribution in [-0.2, 0) is 29.1 Å². The molecule has 1 aromatic carbocycles. The van der Waals surface area contributed by atoms with Crippen LogP contribution in [0.4, 0.5) is 10.5 Å². The number of carbonyl (C=O) groups is 4. The molecule has 2 aliphatic heterocycles. The molecule has 13 nitrogen and oxygen atoms in total. The number of fused-ring (bicyclic) bond motifs is 2. The van der Waals surface area contributed by atoms with E-state index in [1.807, 2.05) is 12.2 Å². The lowest BCUT2D eigenvalue weighted by Gasteiger charge is -2.30. The van der Waals surface area contributed by atoms with Gasteiger partial charge in [0.25, 0.3) is 15.9 Å². The molecule has 4 atom stereocenters. The van der Waals surface area contributed by atoms with Crippen LogP contribution in [0.1, 0.15) is 72.1 Å². The first-order chi connectivity index (χ1) is 20.6. The first-order valence-electron chi connectivity index (χ1n) is 14.9. The molecule has 0 unspecified atom stereocenters. The number of rotatable bonds is 5. The van der Waals surface area contributed by atoms with Crippen molar-refractivity contribution >= 4 is 46.2 Å². The van der Waals surface area contributed by atoms with E-state index in [2.05, 4.69) is 22.1 Å². The van der Waals surface area contributed by atoms with E-state index in [0.29, 0.717) is 43.4 Å². The Bertz CT molecular complexity index is 1440. The van der Waals surface area contributed by atoms with Crippen LogP contribution in [0.5, 0.6) is 0 Å². The van der Waals surface area contributed by atoms with E-state index >= 15 is 0 Å². The fourth-order valence-electron chi connectivity index (χ4n) is 5.61. The minimum Gasteiger partial charge on any atom is -0.619 e. The van der Waals surface area contributed by atoms with Crippen LogP contribution in [0.3, 0.4) is 0 Å². The largest absolute Gasteiger partial charge is 0.619 e. The highest BCUT2D eigenvalue weighted by molar-refractivity contribution is 7.90. The Morgan fingerprint density at radius 1 is 1.11 bits per heavy atom. The number of nitrogens with one attached hydrogen (secondary N) is 3. The number of carbonyl (C=O) groups excluding carboxylic acids is 4. The second kappa shape index (κ2) is 13.0. The summed E-state index contributed by atoms with van der Waals surface area (Å²) < 4.78 is 33.9. The molecule has 0 aromatic heterocycles. The van der Waals surface area contributed by atoms with Gasteiger partial charge >= 0.3 is 6.09 Å². The molecule has 0 spiro atoms. The van der Waals surface area contributed by atoms with Crippen molar-refractivity contribution in [2.75, 3.05) is 6.54 Å². The number of ether oxygens (including phenoxy) is 1. The maximum Gasteiger partial charge on any atom is 0.408 e. The molecule has 1 saturated carbocycles. The van der Waals surface area contributed by atoms with E-state index in [-0.39, 0.29) is 17.0 Å². The zero-order valence-electron chi connectivity index (χ0n) is 25.3. The molecule has 14 heteroatoms. The van der Waals surface area contributed by atoms with Crippen molar-refractivity contribution < 1.29 is 37.1 Å². The summed E-state index contributed by atoms with van der Waals surface area (Å²) in [5, 5.41) is 16.9. The molecule has 44 heavy (non-hydrogen) atoms. The van der Waals surface area contributed by atoms with Crippen LogP contribution in [0.2, 0.25) is 0 Å². The average Bonchev–Trinajstić information content (AvgIpc) is 3.40. The lowest BCUT2D eigenvalue weighted by atomic mass is 10.0. The summed E-state index contributed by atoms with van der Waals surface area (Å²) in [4.78, 5) is 54.7. The van der Waals surface area contributed by atoms with Crippen molar-refractivity contribution in [3.63, 3.8) is 0 Å². The summed E-state index contributed by atoms with van der Waals surface area (Å²) in [6.07, 6.45) is 7.41. The van der Waals surface area contributed by atoms with Gasteiger partial charge in [-0.3, -0.25) is 14.4 Å².